The summed E-state index contributed by atoms with van der Waals surface area (Å²) in [6.07, 6.45) is 2.09. The first-order valence-electron chi connectivity index (χ1n) is 10.9. The van der Waals surface area contributed by atoms with Crippen LogP contribution >= 0.6 is 27.3 Å². The molecule has 0 bridgehead atoms. The van der Waals surface area contributed by atoms with E-state index in [1.165, 1.54) is 30.6 Å². The molecule has 12 heteroatoms. The number of carbonyl (C=O) groups is 2. The Morgan fingerprint density at radius 2 is 2.26 bits per heavy atom. The molecule has 0 saturated carbocycles. The van der Waals surface area contributed by atoms with Crippen LogP contribution in [0.5, 0.6) is 0 Å². The maximum absolute atomic E-state index is 13.8. The largest absolute Gasteiger partial charge is 0.481 e. The Hall–Kier alpha value is -2.67. The zero-order valence-electron chi connectivity index (χ0n) is 18.9. The van der Waals surface area contributed by atoms with E-state index in [1.807, 2.05) is 5.38 Å². The molecule has 2 aromatic rings. The summed E-state index contributed by atoms with van der Waals surface area (Å²) in [4.78, 5) is 35.4. The molecule has 3 heterocycles. The van der Waals surface area contributed by atoms with E-state index in [1.54, 1.807) is 12.3 Å². The maximum Gasteiger partial charge on any atom is 0.338 e. The molecular weight excluding hydrogens is 543 g/mol. The number of carboxylic acids is 1. The molecule has 9 nitrogen and oxygen atoms in total. The summed E-state index contributed by atoms with van der Waals surface area (Å²) in [6, 6.07) is 3.33. The second-order valence-corrected chi connectivity index (χ2v) is 9.77. The summed E-state index contributed by atoms with van der Waals surface area (Å²) < 4.78 is 25.0. The van der Waals surface area contributed by atoms with E-state index >= 15 is 0 Å². The molecule has 1 fully saturated rings. The molecule has 0 amide bonds. The molecule has 0 spiro atoms. The van der Waals surface area contributed by atoms with Crippen molar-refractivity contribution >= 4 is 45.0 Å². The van der Waals surface area contributed by atoms with Crippen LogP contribution in [0.15, 0.2) is 50.5 Å². The van der Waals surface area contributed by atoms with E-state index in [9.17, 15) is 14.0 Å². The van der Waals surface area contributed by atoms with Gasteiger partial charge in [-0.1, -0.05) is 22.0 Å². The van der Waals surface area contributed by atoms with Gasteiger partial charge >= 0.3 is 11.9 Å². The number of hydrogen-bond acceptors (Lipinski definition) is 9. The monoisotopic (exact) mass is 566 g/mol. The Bertz CT molecular complexity index is 1160. The van der Waals surface area contributed by atoms with Crippen molar-refractivity contribution in [1.29, 1.82) is 0 Å². The van der Waals surface area contributed by atoms with Crippen LogP contribution in [0.4, 0.5) is 4.39 Å². The second kappa shape index (κ2) is 11.4. The van der Waals surface area contributed by atoms with Gasteiger partial charge in [0.25, 0.3) is 0 Å². The number of hydrogen-bond donors (Lipinski definition) is 2. The van der Waals surface area contributed by atoms with E-state index in [-0.39, 0.29) is 12.5 Å². The molecule has 2 N–H and O–H groups in total. The Balaban J connectivity index is 1.76. The molecule has 1 aromatic carbocycles. The van der Waals surface area contributed by atoms with Gasteiger partial charge in [-0.2, -0.15) is 0 Å². The van der Waals surface area contributed by atoms with Gasteiger partial charge in [-0.25, -0.2) is 14.2 Å². The van der Waals surface area contributed by atoms with E-state index in [0.717, 1.165) is 0 Å². The summed E-state index contributed by atoms with van der Waals surface area (Å²) in [5.74, 6) is -1.37. The Labute approximate surface area is 213 Å². The highest BCUT2D eigenvalue weighted by atomic mass is 79.9. The van der Waals surface area contributed by atoms with Crippen molar-refractivity contribution in [3.63, 3.8) is 0 Å². The summed E-state index contributed by atoms with van der Waals surface area (Å²) in [6.45, 7) is 1.77. The van der Waals surface area contributed by atoms with Crippen LogP contribution < -0.4 is 5.32 Å². The fourth-order valence-electron chi connectivity index (χ4n) is 4.12. The first-order valence-corrected chi connectivity index (χ1v) is 12.6. The predicted molar refractivity (Wildman–Crippen MR) is 131 cm³/mol. The Kier molecular flexibility index (Phi) is 8.26. The Morgan fingerprint density at radius 3 is 2.94 bits per heavy atom. The van der Waals surface area contributed by atoms with Gasteiger partial charge in [0, 0.05) is 47.3 Å². The van der Waals surface area contributed by atoms with Crippen LogP contribution in [0.2, 0.25) is 0 Å². The van der Waals surface area contributed by atoms with Gasteiger partial charge in [-0.3, -0.25) is 14.7 Å². The number of aliphatic imine (C=N–C) groups is 1. The molecular formula is C23H24BrFN4O5S. The number of halogens is 2. The van der Waals surface area contributed by atoms with E-state index < -0.39 is 23.8 Å². The fraction of sp³-hybridized carbons (Fsp3) is 0.391. The highest BCUT2D eigenvalue weighted by molar-refractivity contribution is 9.10. The van der Waals surface area contributed by atoms with Crippen molar-refractivity contribution in [1.82, 2.24) is 15.2 Å². The van der Waals surface area contributed by atoms with Crippen molar-refractivity contribution in [2.45, 2.75) is 24.9 Å². The highest BCUT2D eigenvalue weighted by Gasteiger charge is 2.35. The van der Waals surface area contributed by atoms with E-state index in [4.69, 9.17) is 19.6 Å². The number of methoxy groups -OCH3 is 1. The van der Waals surface area contributed by atoms with Gasteiger partial charge in [0.15, 0.2) is 10.8 Å². The molecule has 2 atom stereocenters. The quantitative estimate of drug-likeness (QED) is 0.468. The number of morpholine rings is 1. The number of carbonyl (C=O) groups excluding carboxylic acids is 1. The van der Waals surface area contributed by atoms with Crippen LogP contribution in [0.25, 0.3) is 0 Å². The van der Waals surface area contributed by atoms with Crippen LogP contribution in [-0.4, -0.2) is 72.2 Å². The first-order chi connectivity index (χ1) is 16.9. The minimum absolute atomic E-state index is 0.0117. The molecule has 0 unspecified atom stereocenters. The van der Waals surface area contributed by atoms with Crippen LogP contribution in [-0.2, 0) is 19.1 Å². The summed E-state index contributed by atoms with van der Waals surface area (Å²) in [7, 11) is 1.30. The van der Waals surface area contributed by atoms with Crippen molar-refractivity contribution in [2.75, 3.05) is 33.4 Å². The SMILES string of the molecule is COC(=O)C1=C(CN2CCOC[C@@H]2CCC(=O)O)NC(c2nccs2)=N[C@@H]1c1ccc(F)cc1Br. The molecule has 35 heavy (non-hydrogen) atoms. The number of amidine groups is 1. The van der Waals surface area contributed by atoms with Gasteiger partial charge in [-0.15, -0.1) is 11.3 Å². The number of carboxylic acid groups (broad SMARTS) is 1. The smallest absolute Gasteiger partial charge is 0.338 e. The zero-order chi connectivity index (χ0) is 24.9. The third-order valence-corrected chi connectivity index (χ3v) is 7.29. The number of nitrogens with zero attached hydrogens (tertiary/aromatic N) is 3. The normalized spacial score (nSPS) is 20.8. The van der Waals surface area contributed by atoms with Crippen molar-refractivity contribution < 1.29 is 28.6 Å². The number of esters is 1. The maximum atomic E-state index is 13.8. The standard InChI is InChI=1S/C23H24BrFN4O5S/c1-33-23(32)19-17(11-29-7-8-34-12-14(29)3-5-18(30)31)27-21(22-26-6-9-35-22)28-20(19)15-4-2-13(25)10-16(15)24/h2,4,6,9-10,14,20H,3,5,7-8,11-12H2,1H3,(H,27,28)(H,30,31)/t14-,20+/m0/s1. The molecule has 0 aliphatic carbocycles. The minimum Gasteiger partial charge on any atom is -0.481 e. The summed E-state index contributed by atoms with van der Waals surface area (Å²) in [5.41, 5.74) is 1.47. The molecule has 2 aliphatic rings. The van der Waals surface area contributed by atoms with E-state index in [2.05, 4.69) is 31.1 Å². The summed E-state index contributed by atoms with van der Waals surface area (Å²) >= 11 is 4.81. The zero-order valence-corrected chi connectivity index (χ0v) is 21.3. The number of benzene rings is 1. The van der Waals surface area contributed by atoms with Crippen LogP contribution in [0.1, 0.15) is 29.5 Å². The number of aromatic nitrogens is 1. The summed E-state index contributed by atoms with van der Waals surface area (Å²) in [5, 5.41) is 14.9. The van der Waals surface area contributed by atoms with Gasteiger partial charge in [0.1, 0.15) is 11.9 Å². The van der Waals surface area contributed by atoms with Crippen molar-refractivity contribution in [3.05, 3.63) is 61.9 Å². The fourth-order valence-corrected chi connectivity index (χ4v) is 5.28. The number of aliphatic carboxylic acids is 1. The molecule has 4 rings (SSSR count). The number of nitrogens with one attached hydrogen (secondary N) is 1. The lowest BCUT2D eigenvalue weighted by Gasteiger charge is -2.37. The lowest BCUT2D eigenvalue weighted by molar-refractivity contribution is -0.138. The van der Waals surface area contributed by atoms with Gasteiger partial charge in [-0.05, 0) is 24.1 Å². The molecule has 0 radical (unpaired) electrons. The van der Waals surface area contributed by atoms with Crippen molar-refractivity contribution in [2.24, 2.45) is 4.99 Å². The lowest BCUT2D eigenvalue weighted by atomic mass is 9.95. The number of ether oxygens (including phenoxy) is 2. The first kappa shape index (κ1) is 25.4. The minimum atomic E-state index is -0.875. The van der Waals surface area contributed by atoms with Crippen LogP contribution in [0.3, 0.4) is 0 Å². The van der Waals surface area contributed by atoms with Crippen LogP contribution in [0, 0.1) is 5.82 Å². The molecule has 1 aromatic heterocycles. The number of rotatable bonds is 8. The number of thiazole rings is 1. The molecule has 1 saturated heterocycles. The lowest BCUT2D eigenvalue weighted by Crippen LogP contribution is -2.49. The third-order valence-electron chi connectivity index (χ3n) is 5.83. The molecule has 2 aliphatic heterocycles. The van der Waals surface area contributed by atoms with Gasteiger partial charge < -0.3 is 19.9 Å². The highest BCUT2D eigenvalue weighted by Crippen LogP contribution is 2.37. The van der Waals surface area contributed by atoms with Gasteiger partial charge in [0.05, 0.1) is 25.9 Å². The average molecular weight is 567 g/mol. The average Bonchev–Trinajstić information content (AvgIpc) is 3.38. The van der Waals surface area contributed by atoms with Gasteiger partial charge in [0.2, 0.25) is 0 Å². The predicted octanol–water partition coefficient (Wildman–Crippen LogP) is 3.13. The topological polar surface area (TPSA) is 113 Å². The van der Waals surface area contributed by atoms with Crippen molar-refractivity contribution in [3.8, 4) is 0 Å². The van der Waals surface area contributed by atoms with E-state index in [0.29, 0.717) is 64.9 Å². The second-order valence-electron chi connectivity index (χ2n) is 8.02. The third kappa shape index (κ3) is 5.95. The Morgan fingerprint density at radius 1 is 1.43 bits per heavy atom. The molecule has 186 valence electrons.